The van der Waals surface area contributed by atoms with Crippen molar-refractivity contribution in [3.05, 3.63) is 71.5 Å². The number of carbonyl (C=O) groups is 1. The summed E-state index contributed by atoms with van der Waals surface area (Å²) in [6, 6.07) is 13.9. The third-order valence-corrected chi connectivity index (χ3v) is 3.88. The predicted octanol–water partition coefficient (Wildman–Crippen LogP) is 3.12. The first-order valence-electron chi connectivity index (χ1n) is 7.41. The van der Waals surface area contributed by atoms with E-state index in [9.17, 15) is 4.79 Å². The fourth-order valence-corrected chi connectivity index (χ4v) is 2.52. The lowest BCUT2D eigenvalue weighted by atomic mass is 10.2. The first kappa shape index (κ1) is 15.2. The Balaban J connectivity index is 1.60. The molecule has 7 nitrogen and oxygen atoms in total. The van der Waals surface area contributed by atoms with Crippen molar-refractivity contribution in [1.29, 1.82) is 0 Å². The monoisotopic (exact) mass is 350 g/mol. The van der Waals surface area contributed by atoms with Crippen molar-refractivity contribution in [1.82, 2.24) is 25.0 Å². The molecule has 0 aliphatic rings. The second kappa shape index (κ2) is 6.29. The second-order valence-corrected chi connectivity index (χ2v) is 5.59. The van der Waals surface area contributed by atoms with Crippen LogP contribution in [0.2, 0.25) is 5.02 Å². The molecule has 3 aromatic heterocycles. The highest BCUT2D eigenvalue weighted by Gasteiger charge is 2.11. The lowest BCUT2D eigenvalue weighted by Gasteiger charge is -2.07. The summed E-state index contributed by atoms with van der Waals surface area (Å²) < 4.78 is 1.62. The van der Waals surface area contributed by atoms with Gasteiger partial charge in [-0.3, -0.25) is 4.79 Å². The molecular weight excluding hydrogens is 340 g/mol. The third-order valence-electron chi connectivity index (χ3n) is 3.57. The van der Waals surface area contributed by atoms with E-state index in [1.807, 2.05) is 6.07 Å². The number of nitrogens with one attached hydrogen (secondary N) is 1. The molecule has 8 heteroatoms. The van der Waals surface area contributed by atoms with Crippen molar-refractivity contribution in [3.8, 4) is 5.69 Å². The lowest BCUT2D eigenvalue weighted by Crippen LogP contribution is -2.13. The molecule has 1 amide bonds. The fraction of sp³-hybridized carbons (Fsp3) is 0. The van der Waals surface area contributed by atoms with E-state index < -0.39 is 0 Å². The molecule has 1 aromatic carbocycles. The standard InChI is InChI=1S/C17H11ClN6O/c18-13-3-1-9-19-15(13)21-17(25)11-5-7-12(8-6-11)24-16-14(22-23-24)4-2-10-20-16/h1-10H,(H,19,21,25). The molecule has 122 valence electrons. The highest BCUT2D eigenvalue weighted by Crippen LogP contribution is 2.19. The van der Waals surface area contributed by atoms with Crippen molar-refractivity contribution < 1.29 is 4.79 Å². The van der Waals surface area contributed by atoms with Gasteiger partial charge in [0.15, 0.2) is 11.5 Å². The van der Waals surface area contributed by atoms with Crippen LogP contribution in [0.5, 0.6) is 0 Å². The number of aromatic nitrogens is 5. The number of fused-ring (bicyclic) bond motifs is 1. The maximum Gasteiger partial charge on any atom is 0.256 e. The van der Waals surface area contributed by atoms with Gasteiger partial charge in [0.25, 0.3) is 5.91 Å². The Bertz CT molecular complexity index is 1060. The van der Waals surface area contributed by atoms with Crippen LogP contribution in [-0.4, -0.2) is 30.9 Å². The molecule has 0 saturated carbocycles. The number of hydrogen-bond acceptors (Lipinski definition) is 5. The van der Waals surface area contributed by atoms with Crippen LogP contribution >= 0.6 is 11.6 Å². The van der Waals surface area contributed by atoms with Crippen LogP contribution in [0.3, 0.4) is 0 Å². The van der Waals surface area contributed by atoms with E-state index in [1.54, 1.807) is 59.5 Å². The summed E-state index contributed by atoms with van der Waals surface area (Å²) >= 11 is 6.00. The van der Waals surface area contributed by atoms with Gasteiger partial charge < -0.3 is 5.32 Å². The zero-order chi connectivity index (χ0) is 17.2. The maximum atomic E-state index is 12.3. The number of halogens is 1. The second-order valence-electron chi connectivity index (χ2n) is 5.18. The fourth-order valence-electron chi connectivity index (χ4n) is 2.35. The number of nitrogens with zero attached hydrogens (tertiary/aromatic N) is 5. The molecule has 0 spiro atoms. The van der Waals surface area contributed by atoms with Crippen molar-refractivity contribution in [2.75, 3.05) is 5.32 Å². The van der Waals surface area contributed by atoms with Gasteiger partial charge in [-0.15, -0.1) is 5.10 Å². The molecule has 0 radical (unpaired) electrons. The Morgan fingerprint density at radius 1 is 1.00 bits per heavy atom. The molecule has 25 heavy (non-hydrogen) atoms. The number of carbonyl (C=O) groups excluding carboxylic acids is 1. The molecule has 0 aliphatic carbocycles. The minimum absolute atomic E-state index is 0.297. The van der Waals surface area contributed by atoms with Crippen molar-refractivity contribution in [2.24, 2.45) is 0 Å². The zero-order valence-electron chi connectivity index (χ0n) is 12.8. The predicted molar refractivity (Wildman–Crippen MR) is 93.9 cm³/mol. The van der Waals surface area contributed by atoms with E-state index in [-0.39, 0.29) is 5.91 Å². The number of anilines is 1. The molecule has 0 aliphatic heterocycles. The molecular formula is C17H11ClN6O. The smallest absolute Gasteiger partial charge is 0.256 e. The van der Waals surface area contributed by atoms with Crippen LogP contribution < -0.4 is 5.32 Å². The van der Waals surface area contributed by atoms with Gasteiger partial charge in [0, 0.05) is 18.0 Å². The molecule has 1 N–H and O–H groups in total. The van der Waals surface area contributed by atoms with Crippen molar-refractivity contribution in [2.45, 2.75) is 0 Å². The van der Waals surface area contributed by atoms with E-state index in [0.29, 0.717) is 27.6 Å². The number of rotatable bonds is 3. The summed E-state index contributed by atoms with van der Waals surface area (Å²) in [4.78, 5) is 20.6. The minimum atomic E-state index is -0.297. The molecule has 0 atom stereocenters. The average molecular weight is 351 g/mol. The Hall–Kier alpha value is -3.32. The van der Waals surface area contributed by atoms with Crippen LogP contribution in [0, 0.1) is 0 Å². The van der Waals surface area contributed by atoms with E-state index in [0.717, 1.165) is 5.69 Å². The Kier molecular flexibility index (Phi) is 3.83. The first-order chi connectivity index (χ1) is 12.2. The number of pyridine rings is 2. The Morgan fingerprint density at radius 3 is 2.56 bits per heavy atom. The highest BCUT2D eigenvalue weighted by molar-refractivity contribution is 6.33. The SMILES string of the molecule is O=C(Nc1ncccc1Cl)c1ccc(-n2nnc3cccnc32)cc1. The van der Waals surface area contributed by atoms with Gasteiger partial charge in [0.2, 0.25) is 0 Å². The van der Waals surface area contributed by atoms with Gasteiger partial charge in [0.1, 0.15) is 5.52 Å². The lowest BCUT2D eigenvalue weighted by molar-refractivity contribution is 0.102. The summed E-state index contributed by atoms with van der Waals surface area (Å²) in [5.41, 5.74) is 2.59. The molecule has 0 saturated heterocycles. The van der Waals surface area contributed by atoms with Crippen LogP contribution in [0.1, 0.15) is 10.4 Å². The first-order valence-corrected chi connectivity index (χ1v) is 7.79. The minimum Gasteiger partial charge on any atom is -0.305 e. The number of hydrogen-bond donors (Lipinski definition) is 1. The Morgan fingerprint density at radius 2 is 1.76 bits per heavy atom. The normalized spacial score (nSPS) is 10.8. The summed E-state index contributed by atoms with van der Waals surface area (Å²) in [7, 11) is 0. The highest BCUT2D eigenvalue weighted by atomic mass is 35.5. The zero-order valence-corrected chi connectivity index (χ0v) is 13.6. The molecule has 4 rings (SSSR count). The molecule has 4 aromatic rings. The van der Waals surface area contributed by atoms with Gasteiger partial charge in [-0.25, -0.2) is 9.97 Å². The van der Waals surface area contributed by atoms with E-state index in [4.69, 9.17) is 11.6 Å². The summed E-state index contributed by atoms with van der Waals surface area (Å²) in [5.74, 6) is 0.0263. The number of amides is 1. The molecule has 3 heterocycles. The molecule has 0 unspecified atom stereocenters. The molecule has 0 bridgehead atoms. The van der Waals surface area contributed by atoms with E-state index in [1.165, 1.54) is 0 Å². The van der Waals surface area contributed by atoms with Gasteiger partial charge in [-0.05, 0) is 48.5 Å². The summed E-state index contributed by atoms with van der Waals surface area (Å²) in [6.45, 7) is 0. The van der Waals surface area contributed by atoms with Gasteiger partial charge in [-0.2, -0.15) is 4.68 Å². The third kappa shape index (κ3) is 2.92. The van der Waals surface area contributed by atoms with Crippen molar-refractivity contribution >= 4 is 34.5 Å². The van der Waals surface area contributed by atoms with E-state index in [2.05, 4.69) is 25.6 Å². The van der Waals surface area contributed by atoms with E-state index >= 15 is 0 Å². The largest absolute Gasteiger partial charge is 0.305 e. The van der Waals surface area contributed by atoms with Gasteiger partial charge in [0.05, 0.1) is 10.7 Å². The Labute approximate surface area is 147 Å². The van der Waals surface area contributed by atoms with Gasteiger partial charge in [-0.1, -0.05) is 16.8 Å². The maximum absolute atomic E-state index is 12.3. The van der Waals surface area contributed by atoms with Crippen LogP contribution in [0.15, 0.2) is 60.9 Å². The van der Waals surface area contributed by atoms with Crippen LogP contribution in [-0.2, 0) is 0 Å². The van der Waals surface area contributed by atoms with Crippen LogP contribution in [0.4, 0.5) is 5.82 Å². The average Bonchev–Trinajstić information content (AvgIpc) is 3.08. The quantitative estimate of drug-likeness (QED) is 0.613. The summed E-state index contributed by atoms with van der Waals surface area (Å²) in [6.07, 6.45) is 3.24. The van der Waals surface area contributed by atoms with Crippen molar-refractivity contribution in [3.63, 3.8) is 0 Å². The van der Waals surface area contributed by atoms with Crippen LogP contribution in [0.25, 0.3) is 16.9 Å². The van der Waals surface area contributed by atoms with Gasteiger partial charge >= 0.3 is 0 Å². The topological polar surface area (TPSA) is 85.6 Å². The number of benzene rings is 1. The summed E-state index contributed by atoms with van der Waals surface area (Å²) in [5, 5.41) is 11.2. The molecule has 0 fully saturated rings.